The Morgan fingerprint density at radius 3 is 2.89 bits per heavy atom. The first-order chi connectivity index (χ1) is 8.76. The Morgan fingerprint density at radius 2 is 2.17 bits per heavy atom. The summed E-state index contributed by atoms with van der Waals surface area (Å²) in [6, 6.07) is 7.28. The number of para-hydroxylation sites is 1. The van der Waals surface area contributed by atoms with Crippen LogP contribution in [0.15, 0.2) is 34.9 Å². The van der Waals surface area contributed by atoms with Gasteiger partial charge < -0.3 is 13.9 Å². The summed E-state index contributed by atoms with van der Waals surface area (Å²) in [6.45, 7) is 2.04. The number of ether oxygens (including phenoxy) is 2. The van der Waals surface area contributed by atoms with Crippen molar-refractivity contribution in [3.05, 3.63) is 36.2 Å². The molecule has 94 valence electrons. The van der Waals surface area contributed by atoms with Gasteiger partial charge in [-0.25, -0.2) is 9.78 Å². The van der Waals surface area contributed by atoms with Crippen molar-refractivity contribution in [3.8, 4) is 17.2 Å². The number of esters is 1. The van der Waals surface area contributed by atoms with Crippen molar-refractivity contribution < 1.29 is 18.7 Å². The van der Waals surface area contributed by atoms with E-state index in [1.165, 1.54) is 6.26 Å². The number of benzene rings is 1. The first-order valence-corrected chi connectivity index (χ1v) is 5.52. The fraction of sp³-hybridized carbons (Fsp3) is 0.231. The Hall–Kier alpha value is -2.30. The van der Waals surface area contributed by atoms with E-state index in [0.29, 0.717) is 23.8 Å². The van der Waals surface area contributed by atoms with Gasteiger partial charge in [0.25, 0.3) is 0 Å². The monoisotopic (exact) mass is 247 g/mol. The maximum absolute atomic E-state index is 11.5. The van der Waals surface area contributed by atoms with E-state index in [1.807, 2.05) is 12.1 Å². The summed E-state index contributed by atoms with van der Waals surface area (Å²) in [6.07, 6.45) is 1.28. The smallest absolute Gasteiger partial charge is 0.360 e. The number of hydrogen-bond donors (Lipinski definition) is 0. The molecule has 5 nitrogen and oxygen atoms in total. The van der Waals surface area contributed by atoms with E-state index in [-0.39, 0.29) is 5.69 Å². The average Bonchev–Trinajstić information content (AvgIpc) is 2.88. The number of aromatic nitrogens is 1. The Bertz CT molecular complexity index is 547. The van der Waals surface area contributed by atoms with Gasteiger partial charge in [0, 0.05) is 0 Å². The molecule has 0 aliphatic heterocycles. The van der Waals surface area contributed by atoms with Gasteiger partial charge in [0.2, 0.25) is 5.89 Å². The van der Waals surface area contributed by atoms with E-state index < -0.39 is 5.97 Å². The highest BCUT2D eigenvalue weighted by Crippen LogP contribution is 2.28. The van der Waals surface area contributed by atoms with Gasteiger partial charge in [0.1, 0.15) is 12.0 Å². The second-order valence-corrected chi connectivity index (χ2v) is 3.46. The van der Waals surface area contributed by atoms with Gasteiger partial charge in [-0.1, -0.05) is 12.1 Å². The predicted octanol–water partition coefficient (Wildman–Crippen LogP) is 2.53. The molecule has 1 aromatic heterocycles. The molecule has 2 rings (SSSR count). The molecule has 0 fully saturated rings. The lowest BCUT2D eigenvalue weighted by molar-refractivity contribution is 0.0519. The first-order valence-electron chi connectivity index (χ1n) is 5.52. The van der Waals surface area contributed by atoms with Crippen molar-refractivity contribution in [1.82, 2.24) is 4.98 Å². The molecule has 2 aromatic rings. The van der Waals surface area contributed by atoms with Crippen LogP contribution in [0.2, 0.25) is 0 Å². The van der Waals surface area contributed by atoms with Crippen molar-refractivity contribution in [2.24, 2.45) is 0 Å². The zero-order chi connectivity index (χ0) is 13.0. The quantitative estimate of drug-likeness (QED) is 0.777. The predicted molar refractivity (Wildman–Crippen MR) is 64.4 cm³/mol. The Kier molecular flexibility index (Phi) is 3.62. The highest BCUT2D eigenvalue weighted by Gasteiger charge is 2.16. The fourth-order valence-corrected chi connectivity index (χ4v) is 1.52. The van der Waals surface area contributed by atoms with E-state index in [2.05, 4.69) is 4.98 Å². The maximum atomic E-state index is 11.5. The first kappa shape index (κ1) is 12.2. The summed E-state index contributed by atoms with van der Waals surface area (Å²) in [7, 11) is 1.56. The molecule has 0 bridgehead atoms. The Balaban J connectivity index is 2.32. The number of rotatable bonds is 4. The molecule has 0 saturated heterocycles. The minimum absolute atomic E-state index is 0.151. The normalized spacial score (nSPS) is 10.1. The Labute approximate surface area is 104 Å². The van der Waals surface area contributed by atoms with Crippen LogP contribution >= 0.6 is 0 Å². The molecular formula is C13H13NO4. The Morgan fingerprint density at radius 1 is 1.39 bits per heavy atom. The van der Waals surface area contributed by atoms with Crippen molar-refractivity contribution >= 4 is 5.97 Å². The standard InChI is InChI=1S/C13H13NO4/c1-3-17-13(15)10-8-18-12(14-10)9-6-4-5-7-11(9)16-2/h4-8H,3H2,1-2H3. The van der Waals surface area contributed by atoms with Crippen molar-refractivity contribution in [2.45, 2.75) is 6.92 Å². The number of hydrogen-bond acceptors (Lipinski definition) is 5. The second kappa shape index (κ2) is 5.35. The van der Waals surface area contributed by atoms with Gasteiger partial charge in [-0.05, 0) is 19.1 Å². The molecule has 0 unspecified atom stereocenters. The summed E-state index contributed by atoms with van der Waals surface area (Å²) in [5.74, 6) is 0.465. The largest absolute Gasteiger partial charge is 0.496 e. The SMILES string of the molecule is CCOC(=O)c1coc(-c2ccccc2OC)n1. The van der Waals surface area contributed by atoms with Crippen LogP contribution in [0.4, 0.5) is 0 Å². The molecule has 5 heteroatoms. The van der Waals surface area contributed by atoms with Crippen molar-refractivity contribution in [1.29, 1.82) is 0 Å². The molecular weight excluding hydrogens is 234 g/mol. The number of oxazole rings is 1. The molecule has 0 radical (unpaired) electrons. The van der Waals surface area contributed by atoms with E-state index >= 15 is 0 Å². The number of carbonyl (C=O) groups is 1. The van der Waals surface area contributed by atoms with Gasteiger partial charge in [-0.3, -0.25) is 0 Å². The van der Waals surface area contributed by atoms with E-state index in [0.717, 1.165) is 0 Å². The lowest BCUT2D eigenvalue weighted by Gasteiger charge is -2.03. The minimum Gasteiger partial charge on any atom is -0.496 e. The van der Waals surface area contributed by atoms with Crippen molar-refractivity contribution in [2.75, 3.05) is 13.7 Å². The number of nitrogens with zero attached hydrogens (tertiary/aromatic N) is 1. The van der Waals surface area contributed by atoms with Crippen LogP contribution in [0.1, 0.15) is 17.4 Å². The molecule has 18 heavy (non-hydrogen) atoms. The van der Waals surface area contributed by atoms with Gasteiger partial charge in [-0.2, -0.15) is 0 Å². The molecule has 0 saturated carbocycles. The van der Waals surface area contributed by atoms with Crippen LogP contribution in [-0.4, -0.2) is 24.7 Å². The summed E-state index contributed by atoms with van der Waals surface area (Å²) in [5, 5.41) is 0. The van der Waals surface area contributed by atoms with Gasteiger partial charge in [0.05, 0.1) is 19.3 Å². The summed E-state index contributed by atoms with van der Waals surface area (Å²) < 4.78 is 15.3. The van der Waals surface area contributed by atoms with E-state index in [9.17, 15) is 4.79 Å². The van der Waals surface area contributed by atoms with Crippen LogP contribution in [0, 0.1) is 0 Å². The lowest BCUT2D eigenvalue weighted by atomic mass is 10.2. The molecule has 0 aliphatic carbocycles. The third-order valence-electron chi connectivity index (χ3n) is 2.33. The van der Waals surface area contributed by atoms with Crippen LogP contribution < -0.4 is 4.74 Å². The van der Waals surface area contributed by atoms with Crippen LogP contribution in [0.25, 0.3) is 11.5 Å². The number of methoxy groups -OCH3 is 1. The number of carbonyl (C=O) groups excluding carboxylic acids is 1. The third kappa shape index (κ3) is 2.34. The molecule has 0 aliphatic rings. The molecule has 0 atom stereocenters. The zero-order valence-corrected chi connectivity index (χ0v) is 10.2. The van der Waals surface area contributed by atoms with Crippen LogP contribution in [0.5, 0.6) is 5.75 Å². The second-order valence-electron chi connectivity index (χ2n) is 3.46. The lowest BCUT2D eigenvalue weighted by Crippen LogP contribution is -2.04. The minimum atomic E-state index is -0.498. The van der Waals surface area contributed by atoms with Crippen molar-refractivity contribution in [3.63, 3.8) is 0 Å². The van der Waals surface area contributed by atoms with Gasteiger partial charge in [-0.15, -0.1) is 0 Å². The molecule has 1 heterocycles. The van der Waals surface area contributed by atoms with Gasteiger partial charge >= 0.3 is 5.97 Å². The van der Waals surface area contributed by atoms with E-state index in [1.54, 1.807) is 26.2 Å². The summed E-state index contributed by atoms with van der Waals surface area (Å²) in [5.41, 5.74) is 0.841. The van der Waals surface area contributed by atoms with E-state index in [4.69, 9.17) is 13.9 Å². The molecule has 0 N–H and O–H groups in total. The molecule has 0 amide bonds. The summed E-state index contributed by atoms with van der Waals surface area (Å²) >= 11 is 0. The average molecular weight is 247 g/mol. The maximum Gasteiger partial charge on any atom is 0.360 e. The van der Waals surface area contributed by atoms with Crippen LogP contribution in [0.3, 0.4) is 0 Å². The van der Waals surface area contributed by atoms with Gasteiger partial charge in [0.15, 0.2) is 5.69 Å². The molecule has 0 spiro atoms. The zero-order valence-electron chi connectivity index (χ0n) is 10.2. The third-order valence-corrected chi connectivity index (χ3v) is 2.33. The topological polar surface area (TPSA) is 61.6 Å². The molecule has 1 aromatic carbocycles. The highest BCUT2D eigenvalue weighted by atomic mass is 16.5. The highest BCUT2D eigenvalue weighted by molar-refractivity contribution is 5.87. The fourth-order valence-electron chi connectivity index (χ4n) is 1.52. The van der Waals surface area contributed by atoms with Crippen LogP contribution in [-0.2, 0) is 4.74 Å². The summed E-state index contributed by atoms with van der Waals surface area (Å²) in [4.78, 5) is 15.6.